The Morgan fingerprint density at radius 3 is 2.53 bits per heavy atom. The van der Waals surface area contributed by atoms with Crippen molar-refractivity contribution in [3.8, 4) is 5.75 Å². The van der Waals surface area contributed by atoms with Crippen molar-refractivity contribution < 1.29 is 4.74 Å². The molecule has 1 aromatic heterocycles. The van der Waals surface area contributed by atoms with Gasteiger partial charge < -0.3 is 15.4 Å². The molecule has 0 amide bonds. The number of nitrogens with zero attached hydrogens (tertiary/aromatic N) is 2. The number of hydrogen-bond donors (Lipinski definition) is 1. The van der Waals surface area contributed by atoms with Crippen LogP contribution >= 0.6 is 0 Å². The van der Waals surface area contributed by atoms with E-state index in [9.17, 15) is 0 Å². The summed E-state index contributed by atoms with van der Waals surface area (Å²) in [4.78, 5) is 3.96. The van der Waals surface area contributed by atoms with Gasteiger partial charge in [0.2, 0.25) is 0 Å². The summed E-state index contributed by atoms with van der Waals surface area (Å²) < 4.78 is 5.48. The first-order chi connectivity index (χ1) is 7.36. The van der Waals surface area contributed by atoms with E-state index < -0.39 is 0 Å². The molecule has 2 rings (SSSR count). The van der Waals surface area contributed by atoms with Gasteiger partial charge in [-0.25, -0.2) is 0 Å². The number of pyridine rings is 1. The van der Waals surface area contributed by atoms with Crippen molar-refractivity contribution >= 4 is 0 Å². The first-order valence-electron chi connectivity index (χ1n) is 5.11. The smallest absolute Gasteiger partial charge is 0.137 e. The molecule has 2 heterocycles. The second-order valence-electron chi connectivity index (χ2n) is 3.39. The Balaban J connectivity index is 0. The quantitative estimate of drug-likeness (QED) is 0.511. The fourth-order valence-corrected chi connectivity index (χ4v) is 1.12. The maximum absolute atomic E-state index is 5.48. The zero-order valence-corrected chi connectivity index (χ0v) is 23.5. The van der Waals surface area contributed by atoms with Crippen LogP contribution in [0.3, 0.4) is 0 Å². The molecule has 1 aromatic rings. The maximum atomic E-state index is 5.48. The van der Waals surface area contributed by atoms with Gasteiger partial charge in [0.05, 0.1) is 6.20 Å². The fraction of sp³-hybridized carbons (Fsp3) is 0.545. The topological polar surface area (TPSA) is 48.2 Å². The van der Waals surface area contributed by atoms with Gasteiger partial charge in [-0.1, -0.05) is 0 Å². The maximum Gasteiger partial charge on any atom is 0.137 e. The molecule has 1 aliphatic rings. The molecule has 0 spiro atoms. The van der Waals surface area contributed by atoms with E-state index in [1.54, 1.807) is 26.5 Å². The van der Waals surface area contributed by atoms with Crippen LogP contribution < -0.4 is 10.1 Å². The molecule has 1 saturated heterocycles. The molecular formula is C11H18N3ORf2-. The summed E-state index contributed by atoms with van der Waals surface area (Å²) in [5, 5.41) is 6.77. The number of ether oxygens (including phenoxy) is 1. The SMILES string of the molecule is C[N-]C.[Rf].[Rf].c1cncc(OC[C@@H]2CCN2)c1. The first-order valence-corrected chi connectivity index (χ1v) is 5.11. The van der Waals surface area contributed by atoms with Gasteiger partial charge >= 0.3 is 0 Å². The average Bonchev–Trinajstić information content (AvgIpc) is 2.18. The van der Waals surface area contributed by atoms with Crippen molar-refractivity contribution in [2.24, 2.45) is 0 Å². The van der Waals surface area contributed by atoms with Crippen LogP contribution in [-0.4, -0.2) is 38.3 Å². The molecule has 0 bridgehead atoms. The predicted octanol–water partition coefficient (Wildman–Crippen LogP) is 1.44. The predicted molar refractivity (Wildman–Crippen MR) is 61.3 cm³/mol. The van der Waals surface area contributed by atoms with Crippen molar-refractivity contribution in [3.05, 3.63) is 29.8 Å². The van der Waals surface area contributed by atoms with Crippen LogP contribution in [0.5, 0.6) is 5.75 Å². The van der Waals surface area contributed by atoms with Crippen molar-refractivity contribution in [3.63, 3.8) is 0 Å². The van der Waals surface area contributed by atoms with E-state index in [0.717, 1.165) is 18.9 Å². The molecule has 1 N–H and O–H groups in total. The molecule has 1 fully saturated rings. The molecule has 4 nitrogen and oxygen atoms in total. The summed E-state index contributed by atoms with van der Waals surface area (Å²) >= 11 is 0. The van der Waals surface area contributed by atoms with E-state index in [1.807, 2.05) is 12.1 Å². The molecule has 0 aromatic carbocycles. The third-order valence-corrected chi connectivity index (χ3v) is 2.01. The van der Waals surface area contributed by atoms with E-state index in [2.05, 4.69) is 15.6 Å². The Labute approximate surface area is 91.1 Å². The molecule has 1 atom stereocenters. The van der Waals surface area contributed by atoms with Gasteiger partial charge in [-0.3, -0.25) is 4.98 Å². The standard InChI is InChI=1S/C9H12N2O.C2H6N.2Rf/c1-2-9(6-10-4-1)12-7-8-3-5-11-8;1-3-2;;/h1-2,4,6,8,11H,3,5,7H2;1-2H3;;/q;-1;;/t8-;;;/m0.../s1. The van der Waals surface area contributed by atoms with Crippen molar-refractivity contribution in [1.82, 2.24) is 10.3 Å². The molecule has 0 saturated carbocycles. The minimum Gasteiger partial charge on any atom is -0.668 e. The molecular weight excluding hydrogens is 724 g/mol. The fourth-order valence-electron chi connectivity index (χ4n) is 1.12. The van der Waals surface area contributed by atoms with Gasteiger partial charge in [0.15, 0.2) is 0 Å². The third kappa shape index (κ3) is 6.04. The van der Waals surface area contributed by atoms with Crippen LogP contribution in [0.25, 0.3) is 5.32 Å². The minimum atomic E-state index is 0. The van der Waals surface area contributed by atoms with Gasteiger partial charge in [-0.2, -0.15) is 14.1 Å². The average molecular weight is 742 g/mol. The van der Waals surface area contributed by atoms with Crippen LogP contribution in [0.1, 0.15) is 6.42 Å². The number of aromatic nitrogens is 1. The Hall–Kier alpha value is -3.13. The van der Waals surface area contributed by atoms with Crippen LogP contribution in [0.4, 0.5) is 0 Å². The van der Waals surface area contributed by atoms with Gasteiger partial charge in [-0.15, -0.1) is 0 Å². The first kappa shape index (κ1) is 16.3. The minimum absolute atomic E-state index is 0. The molecule has 17 heavy (non-hydrogen) atoms. The second-order valence-corrected chi connectivity index (χ2v) is 3.39. The second kappa shape index (κ2) is 9.43. The Morgan fingerprint density at radius 1 is 1.47 bits per heavy atom. The molecule has 0 radical (unpaired) electrons. The van der Waals surface area contributed by atoms with Crippen LogP contribution in [-0.2, 0) is 0 Å². The summed E-state index contributed by atoms with van der Waals surface area (Å²) in [5.74, 6) is 0.853. The summed E-state index contributed by atoms with van der Waals surface area (Å²) in [5.41, 5.74) is 0. The monoisotopic (exact) mass is 742 g/mol. The third-order valence-electron chi connectivity index (χ3n) is 2.01. The van der Waals surface area contributed by atoms with Crippen LogP contribution in [0.2, 0.25) is 0 Å². The zero-order chi connectivity index (χ0) is 10.9. The van der Waals surface area contributed by atoms with Crippen LogP contribution in [0.15, 0.2) is 24.5 Å². The number of rotatable bonds is 3. The Bertz CT molecular complexity index is 258. The molecule has 1 aliphatic heterocycles. The molecule has 0 aliphatic carbocycles. The van der Waals surface area contributed by atoms with Gasteiger partial charge in [-0.05, 0) is 25.1 Å². The van der Waals surface area contributed by atoms with Crippen LogP contribution in [0, 0.1) is 0 Å². The normalized spacial score (nSPS) is 16.2. The van der Waals surface area contributed by atoms with Crippen molar-refractivity contribution in [1.29, 1.82) is 0 Å². The summed E-state index contributed by atoms with van der Waals surface area (Å²) in [6.45, 7) is 1.88. The van der Waals surface area contributed by atoms with E-state index >= 15 is 0 Å². The van der Waals surface area contributed by atoms with Crippen molar-refractivity contribution in [2.45, 2.75) is 12.5 Å². The Morgan fingerprint density at radius 2 is 2.12 bits per heavy atom. The zero-order valence-electron chi connectivity index (χ0n) is 10.7. The number of nitrogens with one attached hydrogen (secondary N) is 1. The number of hydrogen-bond acceptors (Lipinski definition) is 3. The Kier molecular flexibility index (Phi) is 9.04. The molecule has 88 valence electrons. The largest absolute Gasteiger partial charge is 0.668 e. The van der Waals surface area contributed by atoms with Crippen molar-refractivity contribution in [2.75, 3.05) is 27.2 Å². The van der Waals surface area contributed by atoms with E-state index in [1.165, 1.54) is 6.42 Å². The summed E-state index contributed by atoms with van der Waals surface area (Å²) in [6.07, 6.45) is 4.70. The van der Waals surface area contributed by atoms with Gasteiger partial charge in [0, 0.05) is 12.2 Å². The van der Waals surface area contributed by atoms with E-state index in [-0.39, 0.29) is 0 Å². The summed E-state index contributed by atoms with van der Waals surface area (Å²) in [6, 6.07) is 4.35. The van der Waals surface area contributed by atoms with Gasteiger partial charge in [0.1, 0.15) is 12.4 Å². The summed E-state index contributed by atoms with van der Waals surface area (Å²) in [7, 11) is 3.50. The molecule has 6 heteroatoms. The van der Waals surface area contributed by atoms with Gasteiger partial charge in [0.25, 0.3) is 0 Å². The van der Waals surface area contributed by atoms with E-state index in [0.29, 0.717) is 6.04 Å². The molecule has 0 unspecified atom stereocenters. The van der Waals surface area contributed by atoms with E-state index in [4.69, 9.17) is 4.74 Å².